The summed E-state index contributed by atoms with van der Waals surface area (Å²) in [7, 11) is 0. The molecule has 3 nitrogen and oxygen atoms in total. The van der Waals surface area contributed by atoms with Crippen molar-refractivity contribution in [3.05, 3.63) is 0 Å². The van der Waals surface area contributed by atoms with Crippen molar-refractivity contribution in [2.75, 3.05) is 13.2 Å². The van der Waals surface area contributed by atoms with E-state index in [1.54, 1.807) is 0 Å². The summed E-state index contributed by atoms with van der Waals surface area (Å²) in [6.45, 7) is 1.42. The van der Waals surface area contributed by atoms with E-state index < -0.39 is 0 Å². The number of hydrogen-bond donors (Lipinski definition) is 2. The molecule has 8 heavy (non-hydrogen) atoms. The average Bonchev–Trinajstić information content (AvgIpc) is 2.12. The van der Waals surface area contributed by atoms with Gasteiger partial charge in [-0.25, -0.2) is 0 Å². The maximum atomic E-state index is 6.99. The van der Waals surface area contributed by atoms with Crippen molar-refractivity contribution in [2.24, 2.45) is 11.7 Å². The first kappa shape index (κ1) is 5.56. The van der Waals surface area contributed by atoms with Crippen LogP contribution in [0.4, 0.5) is 0 Å². The Hall–Kier alpha value is -0.570. The molecule has 0 spiro atoms. The molecule has 1 fully saturated rings. The molecular formula is C5H10N2O. The summed E-state index contributed by atoms with van der Waals surface area (Å²) >= 11 is 0. The zero-order valence-corrected chi connectivity index (χ0v) is 4.68. The minimum absolute atomic E-state index is 0.204. The predicted octanol–water partition coefficient (Wildman–Crippen LogP) is -0.0411. The van der Waals surface area contributed by atoms with Crippen molar-refractivity contribution >= 4 is 5.84 Å². The van der Waals surface area contributed by atoms with Crippen LogP contribution >= 0.6 is 0 Å². The second-order valence-electron chi connectivity index (χ2n) is 2.02. The first-order valence-electron chi connectivity index (χ1n) is 2.72. The summed E-state index contributed by atoms with van der Waals surface area (Å²) in [5.41, 5.74) is 5.20. The molecular weight excluding hydrogens is 104 g/mol. The fraction of sp³-hybridized carbons (Fsp3) is 0.800. The van der Waals surface area contributed by atoms with E-state index in [4.69, 9.17) is 15.9 Å². The first-order chi connectivity index (χ1) is 3.80. The molecule has 3 N–H and O–H groups in total. The van der Waals surface area contributed by atoms with Crippen molar-refractivity contribution in [2.45, 2.75) is 6.42 Å². The van der Waals surface area contributed by atoms with E-state index in [-0.39, 0.29) is 11.8 Å². The van der Waals surface area contributed by atoms with E-state index in [1.807, 2.05) is 0 Å². The van der Waals surface area contributed by atoms with Crippen LogP contribution in [-0.4, -0.2) is 19.0 Å². The Bertz CT molecular complexity index is 96.6. The molecule has 0 saturated carbocycles. The Morgan fingerprint density at radius 1 is 1.75 bits per heavy atom. The maximum Gasteiger partial charge on any atom is 0.0961 e. The molecule has 46 valence electrons. The van der Waals surface area contributed by atoms with Crippen LogP contribution < -0.4 is 5.73 Å². The molecule has 1 saturated heterocycles. The van der Waals surface area contributed by atoms with Crippen molar-refractivity contribution in [3.63, 3.8) is 0 Å². The first-order valence-corrected chi connectivity index (χ1v) is 2.72. The Balaban J connectivity index is 2.35. The number of nitrogens with one attached hydrogen (secondary N) is 1. The van der Waals surface area contributed by atoms with Crippen molar-refractivity contribution < 1.29 is 4.74 Å². The van der Waals surface area contributed by atoms with Crippen LogP contribution in [0.2, 0.25) is 0 Å². The monoisotopic (exact) mass is 114 g/mol. The van der Waals surface area contributed by atoms with Gasteiger partial charge in [0, 0.05) is 12.5 Å². The van der Waals surface area contributed by atoms with E-state index in [2.05, 4.69) is 0 Å². The Morgan fingerprint density at radius 3 is 2.75 bits per heavy atom. The van der Waals surface area contributed by atoms with Gasteiger partial charge in [-0.1, -0.05) is 0 Å². The van der Waals surface area contributed by atoms with E-state index >= 15 is 0 Å². The molecule has 0 radical (unpaired) electrons. The fourth-order valence-corrected chi connectivity index (χ4v) is 0.780. The highest BCUT2D eigenvalue weighted by Gasteiger charge is 2.17. The van der Waals surface area contributed by atoms with Crippen LogP contribution in [-0.2, 0) is 4.74 Å². The molecule has 1 heterocycles. The lowest BCUT2D eigenvalue weighted by Gasteiger charge is -2.00. The van der Waals surface area contributed by atoms with Gasteiger partial charge in [-0.15, -0.1) is 0 Å². The molecule has 1 aliphatic rings. The molecule has 0 bridgehead atoms. The van der Waals surface area contributed by atoms with Gasteiger partial charge < -0.3 is 10.5 Å². The summed E-state index contributed by atoms with van der Waals surface area (Å²) in [6, 6.07) is 0. The third-order valence-corrected chi connectivity index (χ3v) is 1.37. The smallest absolute Gasteiger partial charge is 0.0961 e. The van der Waals surface area contributed by atoms with Crippen LogP contribution in [0.15, 0.2) is 0 Å². The van der Waals surface area contributed by atoms with Crippen molar-refractivity contribution in [1.82, 2.24) is 0 Å². The molecule has 0 aromatic rings. The van der Waals surface area contributed by atoms with Gasteiger partial charge in [0.2, 0.25) is 0 Å². The summed E-state index contributed by atoms with van der Waals surface area (Å²) in [4.78, 5) is 0. The van der Waals surface area contributed by atoms with Crippen LogP contribution in [0.25, 0.3) is 0 Å². The summed E-state index contributed by atoms with van der Waals surface area (Å²) in [6.07, 6.45) is 0.926. The Morgan fingerprint density at radius 2 is 2.50 bits per heavy atom. The standard InChI is InChI=1S/C5H10N2O/c6-5(7)4-1-2-8-3-4/h4H,1-3H2,(H3,6,7)/t4-/m0/s1. The van der Waals surface area contributed by atoms with Gasteiger partial charge in [-0.2, -0.15) is 0 Å². The number of ether oxygens (including phenoxy) is 1. The lowest BCUT2D eigenvalue weighted by molar-refractivity contribution is 0.193. The molecule has 1 aliphatic heterocycles. The number of rotatable bonds is 1. The highest BCUT2D eigenvalue weighted by molar-refractivity contribution is 5.79. The molecule has 0 unspecified atom stereocenters. The molecule has 3 heteroatoms. The average molecular weight is 114 g/mol. The lowest BCUT2D eigenvalue weighted by atomic mass is 10.1. The highest BCUT2D eigenvalue weighted by Crippen LogP contribution is 2.10. The topological polar surface area (TPSA) is 59.1 Å². The van der Waals surface area contributed by atoms with Crippen LogP contribution in [0.3, 0.4) is 0 Å². The SMILES string of the molecule is N=C(N)[C@H]1CCOC1. The molecule has 1 atom stereocenters. The quantitative estimate of drug-likeness (QED) is 0.371. The van der Waals surface area contributed by atoms with E-state index in [9.17, 15) is 0 Å². The molecule has 1 rings (SSSR count). The van der Waals surface area contributed by atoms with Gasteiger partial charge >= 0.3 is 0 Å². The maximum absolute atomic E-state index is 6.99. The zero-order chi connectivity index (χ0) is 5.98. The van der Waals surface area contributed by atoms with E-state index in [1.165, 1.54) is 0 Å². The highest BCUT2D eigenvalue weighted by atomic mass is 16.5. The Kier molecular flexibility index (Phi) is 1.48. The predicted molar refractivity (Wildman–Crippen MR) is 30.8 cm³/mol. The molecule has 0 aromatic heterocycles. The van der Waals surface area contributed by atoms with Crippen molar-refractivity contribution in [3.8, 4) is 0 Å². The van der Waals surface area contributed by atoms with Gasteiger partial charge in [0.05, 0.1) is 12.4 Å². The summed E-state index contributed by atoms with van der Waals surface area (Å²) < 4.78 is 5.00. The largest absolute Gasteiger partial charge is 0.387 e. The minimum atomic E-state index is 0.204. The van der Waals surface area contributed by atoms with Gasteiger partial charge in [-0.3, -0.25) is 5.41 Å². The summed E-state index contributed by atoms with van der Waals surface area (Å²) in [5, 5.41) is 6.99. The van der Waals surface area contributed by atoms with E-state index in [0.717, 1.165) is 13.0 Å². The van der Waals surface area contributed by atoms with Crippen LogP contribution in [0.5, 0.6) is 0 Å². The number of nitrogens with two attached hydrogens (primary N) is 1. The van der Waals surface area contributed by atoms with Crippen LogP contribution in [0.1, 0.15) is 6.42 Å². The fourth-order valence-electron chi connectivity index (χ4n) is 0.780. The Labute approximate surface area is 48.3 Å². The zero-order valence-electron chi connectivity index (χ0n) is 4.68. The number of amidine groups is 1. The van der Waals surface area contributed by atoms with Gasteiger partial charge in [0.1, 0.15) is 0 Å². The lowest BCUT2D eigenvalue weighted by Crippen LogP contribution is -2.21. The normalized spacial score (nSPS) is 28.2. The van der Waals surface area contributed by atoms with Crippen LogP contribution in [0, 0.1) is 11.3 Å². The molecule has 0 aliphatic carbocycles. The van der Waals surface area contributed by atoms with Crippen molar-refractivity contribution in [1.29, 1.82) is 5.41 Å². The third kappa shape index (κ3) is 0.980. The molecule has 0 amide bonds. The van der Waals surface area contributed by atoms with Gasteiger partial charge in [0.25, 0.3) is 0 Å². The second-order valence-corrected chi connectivity index (χ2v) is 2.02. The minimum Gasteiger partial charge on any atom is -0.387 e. The number of hydrogen-bond acceptors (Lipinski definition) is 2. The summed E-state index contributed by atoms with van der Waals surface area (Å²) in [5.74, 6) is 0.470. The van der Waals surface area contributed by atoms with Gasteiger partial charge in [0.15, 0.2) is 0 Å². The van der Waals surface area contributed by atoms with Gasteiger partial charge in [-0.05, 0) is 6.42 Å². The second kappa shape index (κ2) is 2.13. The molecule has 0 aromatic carbocycles. The third-order valence-electron chi connectivity index (χ3n) is 1.37. The van der Waals surface area contributed by atoms with E-state index in [0.29, 0.717) is 6.61 Å².